The quantitative estimate of drug-likeness (QED) is 0.399. The minimum atomic E-state index is -0.580. The van der Waals surface area contributed by atoms with Crippen LogP contribution < -0.4 is 16.5 Å². The molecule has 0 bridgehead atoms. The van der Waals surface area contributed by atoms with Crippen molar-refractivity contribution in [2.45, 2.75) is 39.9 Å². The molecule has 0 unspecified atom stereocenters. The Morgan fingerprint density at radius 2 is 1.91 bits per heavy atom. The molecule has 0 aliphatic heterocycles. The highest BCUT2D eigenvalue weighted by molar-refractivity contribution is 5.90. The fourth-order valence-corrected chi connectivity index (χ4v) is 3.77. The van der Waals surface area contributed by atoms with E-state index in [1.807, 2.05) is 26.0 Å². The standard InChI is InChI=1S/C25H26N4O5/c1-4-33-25(32)26-17-9-10-18-16(11-23(30)34-21(18)12-17)13-29(15(2)3)14-22-27-20-8-6-5-7-19(20)24(31)28-22/h5-12,15H,4,13-14H2,1-3H3,(H,26,32)(H,27,28,31). The molecule has 2 aromatic carbocycles. The summed E-state index contributed by atoms with van der Waals surface area (Å²) in [4.78, 5) is 46.0. The largest absolute Gasteiger partial charge is 0.450 e. The van der Waals surface area contributed by atoms with Crippen LogP contribution in [0.4, 0.5) is 10.5 Å². The second-order valence-corrected chi connectivity index (χ2v) is 8.18. The van der Waals surface area contributed by atoms with Gasteiger partial charge in [-0.3, -0.25) is 15.0 Å². The van der Waals surface area contributed by atoms with Gasteiger partial charge in [0.1, 0.15) is 11.4 Å². The first-order chi connectivity index (χ1) is 16.3. The van der Waals surface area contributed by atoms with Gasteiger partial charge in [-0.1, -0.05) is 12.1 Å². The monoisotopic (exact) mass is 462 g/mol. The molecule has 34 heavy (non-hydrogen) atoms. The van der Waals surface area contributed by atoms with Crippen molar-refractivity contribution < 1.29 is 13.9 Å². The third kappa shape index (κ3) is 5.15. The van der Waals surface area contributed by atoms with E-state index >= 15 is 0 Å². The van der Waals surface area contributed by atoms with Gasteiger partial charge in [0.2, 0.25) is 0 Å². The number of carbonyl (C=O) groups is 1. The third-order valence-corrected chi connectivity index (χ3v) is 5.47. The van der Waals surface area contributed by atoms with Crippen LogP contribution in [0.5, 0.6) is 0 Å². The van der Waals surface area contributed by atoms with Crippen molar-refractivity contribution in [1.29, 1.82) is 0 Å². The van der Waals surface area contributed by atoms with E-state index in [0.717, 1.165) is 10.9 Å². The lowest BCUT2D eigenvalue weighted by molar-refractivity contribution is 0.168. The van der Waals surface area contributed by atoms with Gasteiger partial charge in [-0.05, 0) is 50.6 Å². The Balaban J connectivity index is 1.64. The number of hydrogen-bond acceptors (Lipinski definition) is 7. The number of nitrogens with zero attached hydrogens (tertiary/aromatic N) is 2. The maximum Gasteiger partial charge on any atom is 0.411 e. The van der Waals surface area contributed by atoms with E-state index in [4.69, 9.17) is 9.15 Å². The van der Waals surface area contributed by atoms with Crippen LogP contribution in [0, 0.1) is 0 Å². The van der Waals surface area contributed by atoms with Crippen LogP contribution in [0.25, 0.3) is 21.9 Å². The van der Waals surface area contributed by atoms with Crippen molar-refractivity contribution in [3.8, 4) is 0 Å². The summed E-state index contributed by atoms with van der Waals surface area (Å²) in [5, 5.41) is 3.90. The lowest BCUT2D eigenvalue weighted by Gasteiger charge is -2.26. The molecular weight excluding hydrogens is 436 g/mol. The number of H-pyrrole nitrogens is 1. The number of carbonyl (C=O) groups excluding carboxylic acids is 1. The van der Waals surface area contributed by atoms with Crippen molar-refractivity contribution in [2.24, 2.45) is 0 Å². The molecule has 0 aliphatic carbocycles. The molecule has 0 fully saturated rings. The molecule has 4 rings (SSSR count). The zero-order chi connectivity index (χ0) is 24.2. The topological polar surface area (TPSA) is 118 Å². The van der Waals surface area contributed by atoms with E-state index in [1.54, 1.807) is 37.3 Å². The molecule has 2 heterocycles. The number of aromatic nitrogens is 2. The smallest absolute Gasteiger partial charge is 0.411 e. The van der Waals surface area contributed by atoms with E-state index in [1.165, 1.54) is 6.07 Å². The number of benzene rings is 2. The number of aromatic amines is 1. The molecule has 4 aromatic rings. The van der Waals surface area contributed by atoms with E-state index < -0.39 is 11.7 Å². The van der Waals surface area contributed by atoms with E-state index in [0.29, 0.717) is 41.1 Å². The summed E-state index contributed by atoms with van der Waals surface area (Å²) in [7, 11) is 0. The van der Waals surface area contributed by atoms with Crippen LogP contribution in [0.1, 0.15) is 32.2 Å². The first-order valence-corrected chi connectivity index (χ1v) is 11.1. The van der Waals surface area contributed by atoms with Crippen molar-refractivity contribution in [2.75, 3.05) is 11.9 Å². The van der Waals surface area contributed by atoms with E-state index in [-0.39, 0.29) is 18.2 Å². The Morgan fingerprint density at radius 1 is 1.12 bits per heavy atom. The van der Waals surface area contributed by atoms with Gasteiger partial charge < -0.3 is 14.1 Å². The molecule has 9 nitrogen and oxygen atoms in total. The minimum absolute atomic E-state index is 0.101. The van der Waals surface area contributed by atoms with Gasteiger partial charge >= 0.3 is 11.7 Å². The molecule has 0 radical (unpaired) electrons. The summed E-state index contributed by atoms with van der Waals surface area (Å²) in [6, 6.07) is 13.9. The lowest BCUT2D eigenvalue weighted by Crippen LogP contribution is -2.32. The summed E-state index contributed by atoms with van der Waals surface area (Å²) in [6.07, 6.45) is -0.580. The van der Waals surface area contributed by atoms with Crippen molar-refractivity contribution in [1.82, 2.24) is 14.9 Å². The fraction of sp³-hybridized carbons (Fsp3) is 0.280. The maximum absolute atomic E-state index is 12.5. The molecule has 0 saturated carbocycles. The SMILES string of the molecule is CCOC(=O)Nc1ccc2c(CN(Cc3nc4ccccc4c(=O)[nH]3)C(C)C)cc(=O)oc2c1. The van der Waals surface area contributed by atoms with Crippen LogP contribution in [-0.4, -0.2) is 33.6 Å². The molecule has 2 N–H and O–H groups in total. The summed E-state index contributed by atoms with van der Waals surface area (Å²) >= 11 is 0. The molecule has 2 aromatic heterocycles. The Bertz CT molecular complexity index is 1460. The summed E-state index contributed by atoms with van der Waals surface area (Å²) in [6.45, 7) is 6.86. The molecule has 9 heteroatoms. The van der Waals surface area contributed by atoms with Gasteiger partial charge in [-0.25, -0.2) is 14.6 Å². The second kappa shape index (κ2) is 9.88. The van der Waals surface area contributed by atoms with Gasteiger partial charge in [-0.2, -0.15) is 0 Å². The number of anilines is 1. The summed E-state index contributed by atoms with van der Waals surface area (Å²) < 4.78 is 10.3. The molecule has 0 saturated heterocycles. The zero-order valence-corrected chi connectivity index (χ0v) is 19.3. The van der Waals surface area contributed by atoms with Gasteiger partial charge in [-0.15, -0.1) is 0 Å². The van der Waals surface area contributed by atoms with Crippen molar-refractivity contribution in [3.05, 3.63) is 80.7 Å². The summed E-state index contributed by atoms with van der Waals surface area (Å²) in [5.41, 5.74) is 1.55. The Kier molecular flexibility index (Phi) is 6.74. The normalized spacial score (nSPS) is 11.4. The van der Waals surface area contributed by atoms with E-state index in [9.17, 15) is 14.4 Å². The second-order valence-electron chi connectivity index (χ2n) is 8.18. The molecule has 0 atom stereocenters. The number of para-hydroxylation sites is 1. The number of fused-ring (bicyclic) bond motifs is 2. The molecule has 176 valence electrons. The van der Waals surface area contributed by atoms with Crippen molar-refractivity contribution >= 4 is 33.7 Å². The average molecular weight is 463 g/mol. The van der Waals surface area contributed by atoms with Gasteiger partial charge in [0.05, 0.1) is 24.1 Å². The first kappa shape index (κ1) is 23.2. The lowest BCUT2D eigenvalue weighted by atomic mass is 10.1. The highest BCUT2D eigenvalue weighted by Crippen LogP contribution is 2.24. The molecule has 0 spiro atoms. The van der Waals surface area contributed by atoms with Crippen LogP contribution in [0.3, 0.4) is 0 Å². The third-order valence-electron chi connectivity index (χ3n) is 5.47. The predicted octanol–water partition coefficient (Wildman–Crippen LogP) is 4.01. The van der Waals surface area contributed by atoms with Gasteiger partial charge in [0.25, 0.3) is 5.56 Å². The van der Waals surface area contributed by atoms with Crippen LogP contribution in [0.15, 0.2) is 62.5 Å². The van der Waals surface area contributed by atoms with Gasteiger partial charge in [0.15, 0.2) is 0 Å². The van der Waals surface area contributed by atoms with E-state index in [2.05, 4.69) is 20.2 Å². The highest BCUT2D eigenvalue weighted by Gasteiger charge is 2.17. The Morgan fingerprint density at radius 3 is 2.68 bits per heavy atom. The van der Waals surface area contributed by atoms with Crippen molar-refractivity contribution in [3.63, 3.8) is 0 Å². The minimum Gasteiger partial charge on any atom is -0.450 e. The fourth-order valence-electron chi connectivity index (χ4n) is 3.77. The average Bonchev–Trinajstić information content (AvgIpc) is 2.78. The number of nitrogens with one attached hydrogen (secondary N) is 2. The maximum atomic E-state index is 12.5. The van der Waals surface area contributed by atoms with Crippen LogP contribution >= 0.6 is 0 Å². The van der Waals surface area contributed by atoms with Crippen LogP contribution in [0.2, 0.25) is 0 Å². The molecule has 0 aliphatic rings. The van der Waals surface area contributed by atoms with Crippen LogP contribution in [-0.2, 0) is 17.8 Å². The zero-order valence-electron chi connectivity index (χ0n) is 19.3. The number of hydrogen-bond donors (Lipinski definition) is 2. The number of ether oxygens (including phenoxy) is 1. The van der Waals surface area contributed by atoms with Gasteiger partial charge in [0, 0.05) is 35.8 Å². The number of amides is 1. The summed E-state index contributed by atoms with van der Waals surface area (Å²) in [5.74, 6) is 0.547. The first-order valence-electron chi connectivity index (χ1n) is 11.1. The molecular formula is C25H26N4O5. The Hall–Kier alpha value is -3.98. The molecule has 1 amide bonds. The number of rotatable bonds is 7. The predicted molar refractivity (Wildman–Crippen MR) is 130 cm³/mol. The Labute approximate surface area is 195 Å². The highest BCUT2D eigenvalue weighted by atomic mass is 16.5.